The lowest BCUT2D eigenvalue weighted by Gasteiger charge is -2.22. The fourth-order valence-corrected chi connectivity index (χ4v) is 1.49. The van der Waals surface area contributed by atoms with Crippen molar-refractivity contribution in [3.8, 4) is 0 Å². The normalized spacial score (nSPS) is 14.1. The summed E-state index contributed by atoms with van der Waals surface area (Å²) in [5.74, 6) is 0. The van der Waals surface area contributed by atoms with Crippen molar-refractivity contribution in [3.05, 3.63) is 0 Å². The Bertz CT molecular complexity index is 359. The van der Waals surface area contributed by atoms with Crippen LogP contribution in [0.25, 0.3) is 0 Å². The third-order valence-electron chi connectivity index (χ3n) is 1.23. The molecule has 0 bridgehead atoms. The first-order chi connectivity index (χ1) is 6.41. The SMILES string of the molecule is CC(C)(COS(N)(=O)=O)COS(N)(=O)=O. The standard InChI is InChI=1S/C5H14N2O6S2/c1-5(2,3-12-14(6,8)9)4-13-15(7,10)11/h3-4H2,1-2H3,(H2,6,8,9)(H2,7,10,11). The summed E-state index contributed by atoms with van der Waals surface area (Å²) in [7, 11) is -8.09. The maximum Gasteiger partial charge on any atom is 0.333 e. The Morgan fingerprint density at radius 2 is 1.20 bits per heavy atom. The molecule has 0 aliphatic rings. The first kappa shape index (κ1) is 14.7. The zero-order valence-corrected chi connectivity index (χ0v) is 9.97. The summed E-state index contributed by atoms with van der Waals surface area (Å²) < 4.78 is 50.4. The molecule has 15 heavy (non-hydrogen) atoms. The molecule has 0 radical (unpaired) electrons. The van der Waals surface area contributed by atoms with Crippen LogP contribution >= 0.6 is 0 Å². The Labute approximate surface area is 89.0 Å². The summed E-state index contributed by atoms with van der Waals surface area (Å²) >= 11 is 0. The molecule has 0 saturated heterocycles. The maximum atomic E-state index is 10.5. The molecule has 0 aromatic carbocycles. The summed E-state index contributed by atoms with van der Waals surface area (Å²) in [5, 5.41) is 9.18. The van der Waals surface area contributed by atoms with Gasteiger partial charge in [0, 0.05) is 5.41 Å². The molecular formula is C5H14N2O6S2. The molecule has 0 atom stereocenters. The van der Waals surface area contributed by atoms with Crippen LogP contribution in [0.1, 0.15) is 13.8 Å². The van der Waals surface area contributed by atoms with Crippen molar-refractivity contribution < 1.29 is 25.2 Å². The van der Waals surface area contributed by atoms with Gasteiger partial charge in [0.15, 0.2) is 0 Å². The summed E-state index contributed by atoms with van der Waals surface area (Å²) in [6.45, 7) is 2.45. The van der Waals surface area contributed by atoms with Gasteiger partial charge in [0.2, 0.25) is 0 Å². The van der Waals surface area contributed by atoms with Gasteiger partial charge >= 0.3 is 20.6 Å². The average Bonchev–Trinajstić information content (AvgIpc) is 1.96. The van der Waals surface area contributed by atoms with Gasteiger partial charge in [-0.15, -0.1) is 0 Å². The fraction of sp³-hybridized carbons (Fsp3) is 1.00. The van der Waals surface area contributed by atoms with Gasteiger partial charge in [-0.2, -0.15) is 16.8 Å². The van der Waals surface area contributed by atoms with Gasteiger partial charge in [0.05, 0.1) is 13.2 Å². The molecule has 0 aliphatic heterocycles. The van der Waals surface area contributed by atoms with Crippen LogP contribution < -0.4 is 10.3 Å². The third kappa shape index (κ3) is 10.0. The molecule has 0 spiro atoms. The molecule has 0 heterocycles. The largest absolute Gasteiger partial charge is 0.333 e. The Kier molecular flexibility index (Phi) is 4.64. The molecule has 0 unspecified atom stereocenters. The van der Waals surface area contributed by atoms with E-state index in [1.807, 2.05) is 0 Å². The highest BCUT2D eigenvalue weighted by Gasteiger charge is 2.23. The molecule has 0 aromatic heterocycles. The van der Waals surface area contributed by atoms with Gasteiger partial charge in [-0.3, -0.25) is 8.37 Å². The van der Waals surface area contributed by atoms with Crippen LogP contribution in [0.5, 0.6) is 0 Å². The van der Waals surface area contributed by atoms with Crippen LogP contribution in [0.2, 0.25) is 0 Å². The Hall–Kier alpha value is -0.260. The van der Waals surface area contributed by atoms with Crippen molar-refractivity contribution in [1.82, 2.24) is 0 Å². The van der Waals surface area contributed by atoms with Crippen molar-refractivity contribution in [2.45, 2.75) is 13.8 Å². The van der Waals surface area contributed by atoms with E-state index in [-0.39, 0.29) is 13.2 Å². The first-order valence-corrected chi connectivity index (χ1v) is 6.70. The molecule has 10 heteroatoms. The van der Waals surface area contributed by atoms with E-state index < -0.39 is 26.0 Å². The highest BCUT2D eigenvalue weighted by atomic mass is 32.2. The minimum absolute atomic E-state index is 0.304. The molecule has 0 rings (SSSR count). The summed E-state index contributed by atoms with van der Waals surface area (Å²) in [6.07, 6.45) is 0. The molecule has 0 aromatic rings. The molecule has 0 fully saturated rings. The predicted molar refractivity (Wildman–Crippen MR) is 51.9 cm³/mol. The molecule has 0 aliphatic carbocycles. The van der Waals surface area contributed by atoms with Gasteiger partial charge in [-0.25, -0.2) is 10.3 Å². The predicted octanol–water partition coefficient (Wildman–Crippen LogP) is -1.55. The molecule has 4 N–H and O–H groups in total. The Morgan fingerprint density at radius 1 is 0.933 bits per heavy atom. The van der Waals surface area contributed by atoms with E-state index in [0.717, 1.165) is 0 Å². The van der Waals surface area contributed by atoms with E-state index in [1.165, 1.54) is 13.8 Å². The van der Waals surface area contributed by atoms with Crippen LogP contribution in [0, 0.1) is 5.41 Å². The van der Waals surface area contributed by atoms with Gasteiger partial charge < -0.3 is 0 Å². The minimum atomic E-state index is -4.05. The van der Waals surface area contributed by atoms with Crippen LogP contribution in [0.15, 0.2) is 0 Å². The zero-order valence-electron chi connectivity index (χ0n) is 8.33. The molecule has 0 amide bonds. The van der Waals surface area contributed by atoms with E-state index in [1.54, 1.807) is 0 Å². The van der Waals surface area contributed by atoms with Gasteiger partial charge in [0.1, 0.15) is 0 Å². The van der Waals surface area contributed by atoms with Crippen LogP contribution in [0.3, 0.4) is 0 Å². The van der Waals surface area contributed by atoms with E-state index in [4.69, 9.17) is 0 Å². The van der Waals surface area contributed by atoms with E-state index in [0.29, 0.717) is 0 Å². The summed E-state index contributed by atoms with van der Waals surface area (Å²) in [6, 6.07) is 0. The minimum Gasteiger partial charge on any atom is -0.258 e. The average molecular weight is 262 g/mol. The topological polar surface area (TPSA) is 139 Å². The molecule has 0 saturated carbocycles. The first-order valence-electron chi connectivity index (χ1n) is 3.76. The van der Waals surface area contributed by atoms with Gasteiger partial charge in [-0.1, -0.05) is 13.8 Å². The number of nitrogens with two attached hydrogens (primary N) is 2. The summed E-state index contributed by atoms with van der Waals surface area (Å²) in [5.41, 5.74) is -0.848. The highest BCUT2D eigenvalue weighted by Crippen LogP contribution is 2.17. The fourth-order valence-electron chi connectivity index (χ4n) is 0.525. The van der Waals surface area contributed by atoms with E-state index in [9.17, 15) is 16.8 Å². The number of rotatable bonds is 6. The van der Waals surface area contributed by atoms with Crippen LogP contribution in [-0.2, 0) is 29.0 Å². The van der Waals surface area contributed by atoms with E-state index in [2.05, 4.69) is 18.6 Å². The molecule has 92 valence electrons. The molecular weight excluding hydrogens is 248 g/mol. The van der Waals surface area contributed by atoms with E-state index >= 15 is 0 Å². The van der Waals surface area contributed by atoms with Crippen LogP contribution in [-0.4, -0.2) is 30.0 Å². The monoisotopic (exact) mass is 262 g/mol. The molecule has 8 nitrogen and oxygen atoms in total. The van der Waals surface area contributed by atoms with Gasteiger partial charge in [-0.05, 0) is 0 Å². The third-order valence-corrected chi connectivity index (χ3v) is 2.12. The number of hydrogen-bond donors (Lipinski definition) is 2. The Morgan fingerprint density at radius 3 is 1.40 bits per heavy atom. The maximum absolute atomic E-state index is 10.5. The second-order valence-electron chi connectivity index (χ2n) is 3.67. The highest BCUT2D eigenvalue weighted by molar-refractivity contribution is 7.84. The van der Waals surface area contributed by atoms with Crippen molar-refractivity contribution in [2.75, 3.05) is 13.2 Å². The van der Waals surface area contributed by atoms with Crippen molar-refractivity contribution >= 4 is 20.6 Å². The lowest BCUT2D eigenvalue weighted by Crippen LogP contribution is -2.31. The number of hydrogen-bond acceptors (Lipinski definition) is 6. The van der Waals surface area contributed by atoms with Crippen molar-refractivity contribution in [3.63, 3.8) is 0 Å². The summed E-state index contributed by atoms with van der Waals surface area (Å²) in [4.78, 5) is 0. The van der Waals surface area contributed by atoms with Crippen molar-refractivity contribution in [1.29, 1.82) is 0 Å². The van der Waals surface area contributed by atoms with Crippen molar-refractivity contribution in [2.24, 2.45) is 15.7 Å². The quantitative estimate of drug-likeness (QED) is 0.594. The lowest BCUT2D eigenvalue weighted by atomic mass is 9.97. The van der Waals surface area contributed by atoms with Gasteiger partial charge in [0.25, 0.3) is 0 Å². The second kappa shape index (κ2) is 4.72. The lowest BCUT2D eigenvalue weighted by molar-refractivity contribution is 0.118. The van der Waals surface area contributed by atoms with Crippen LogP contribution in [0.4, 0.5) is 0 Å². The zero-order chi connectivity index (χ0) is 12.3. The Balaban J connectivity index is 4.21. The second-order valence-corrected chi connectivity index (χ2v) is 6.12. The smallest absolute Gasteiger partial charge is 0.258 e.